The lowest BCUT2D eigenvalue weighted by molar-refractivity contribution is -0.207. The van der Waals surface area contributed by atoms with Crippen LogP contribution in [0.1, 0.15) is 76.6 Å². The van der Waals surface area contributed by atoms with Crippen LogP contribution < -0.4 is 10.6 Å². The minimum absolute atomic E-state index is 0.174. The summed E-state index contributed by atoms with van der Waals surface area (Å²) in [6.07, 6.45) is 4.25. The molecule has 2 heterocycles. The molecular formula is C28H34F3N5O3. The standard InChI is InChI=1S/C28H34F3N5O3/c1-15(24-33-19-5-2-4-18(29)23(19)35-24)32-26(39)20(10-22(37)36-9-3-6-21(36)16-7-8-16)34-25(38)17-11-27(12-17)13-28(30,31)14-27/h2,4-5,15-17,20-21H,3,6-14H2,1H3,(H,32,39)(H,33,35)(H,34,38). The van der Waals surface area contributed by atoms with Gasteiger partial charge in [0.1, 0.15) is 23.2 Å². The molecule has 0 radical (unpaired) electrons. The number of aromatic nitrogens is 2. The fraction of sp³-hybridized carbons (Fsp3) is 0.643. The van der Waals surface area contributed by atoms with Crippen LogP contribution in [0.4, 0.5) is 13.2 Å². The first kappa shape index (κ1) is 26.1. The Labute approximate surface area is 224 Å². The Hall–Kier alpha value is -3.11. The number of fused-ring (bicyclic) bond motifs is 1. The molecule has 210 valence electrons. The Bertz CT molecular complexity index is 1290. The van der Waals surface area contributed by atoms with Gasteiger partial charge in [0.05, 0.1) is 18.0 Å². The molecule has 3 saturated carbocycles. The average molecular weight is 546 g/mol. The smallest absolute Gasteiger partial charge is 0.249 e. The van der Waals surface area contributed by atoms with Crippen LogP contribution in [0.5, 0.6) is 0 Å². The van der Waals surface area contributed by atoms with Gasteiger partial charge in [-0.15, -0.1) is 0 Å². The first-order valence-corrected chi connectivity index (χ1v) is 13.9. The highest BCUT2D eigenvalue weighted by atomic mass is 19.3. The molecule has 0 bridgehead atoms. The summed E-state index contributed by atoms with van der Waals surface area (Å²) < 4.78 is 41.0. The first-order chi connectivity index (χ1) is 18.5. The molecule has 39 heavy (non-hydrogen) atoms. The van der Waals surface area contributed by atoms with Crippen molar-refractivity contribution in [2.45, 2.75) is 88.8 Å². The summed E-state index contributed by atoms with van der Waals surface area (Å²) in [5, 5.41) is 5.56. The second-order valence-corrected chi connectivity index (χ2v) is 12.2. The lowest BCUT2D eigenvalue weighted by Gasteiger charge is -2.56. The molecule has 4 fully saturated rings. The van der Waals surface area contributed by atoms with E-state index in [9.17, 15) is 27.6 Å². The molecule has 2 aromatic rings. The number of hydrogen-bond acceptors (Lipinski definition) is 4. The van der Waals surface area contributed by atoms with Gasteiger partial charge in [0.25, 0.3) is 0 Å². The van der Waals surface area contributed by atoms with Gasteiger partial charge in [-0.2, -0.15) is 0 Å². The SMILES string of the molecule is CC(NC(=O)C(CC(=O)N1CCCC1C1CC1)NC(=O)C1CC2(C1)CC(F)(F)C2)c1nc2cccc(F)c2[nH]1. The molecule has 3 atom stereocenters. The van der Waals surface area contributed by atoms with E-state index in [-0.39, 0.29) is 42.6 Å². The third-order valence-electron chi connectivity index (χ3n) is 9.05. The van der Waals surface area contributed by atoms with Crippen molar-refractivity contribution >= 4 is 28.8 Å². The molecule has 1 aromatic heterocycles. The van der Waals surface area contributed by atoms with Crippen molar-refractivity contribution in [1.82, 2.24) is 25.5 Å². The number of likely N-dealkylation sites (tertiary alicyclic amines) is 1. The molecule has 3 unspecified atom stereocenters. The zero-order chi connectivity index (χ0) is 27.5. The summed E-state index contributed by atoms with van der Waals surface area (Å²) >= 11 is 0. The van der Waals surface area contributed by atoms with Gasteiger partial charge in [-0.3, -0.25) is 14.4 Å². The van der Waals surface area contributed by atoms with Crippen molar-refractivity contribution in [3.63, 3.8) is 0 Å². The maximum absolute atomic E-state index is 14.1. The summed E-state index contributed by atoms with van der Waals surface area (Å²) in [5.74, 6) is -3.81. The molecule has 1 saturated heterocycles. The van der Waals surface area contributed by atoms with Gasteiger partial charge in [-0.05, 0) is 68.9 Å². The van der Waals surface area contributed by atoms with Crippen LogP contribution in [0.15, 0.2) is 18.2 Å². The molecule has 3 amide bonds. The number of halogens is 3. The number of nitrogens with zero attached hydrogens (tertiary/aromatic N) is 2. The van der Waals surface area contributed by atoms with Crippen LogP contribution in [0.25, 0.3) is 11.0 Å². The Morgan fingerprint density at radius 2 is 1.90 bits per heavy atom. The number of rotatable bonds is 8. The Balaban J connectivity index is 1.14. The van der Waals surface area contributed by atoms with Gasteiger partial charge in [0.2, 0.25) is 23.6 Å². The monoisotopic (exact) mass is 545 g/mol. The number of aromatic amines is 1. The predicted octanol–water partition coefficient (Wildman–Crippen LogP) is 3.98. The third-order valence-corrected chi connectivity index (χ3v) is 9.05. The summed E-state index contributed by atoms with van der Waals surface area (Å²) in [6, 6.07) is 2.94. The van der Waals surface area contributed by atoms with E-state index >= 15 is 0 Å². The number of alkyl halides is 2. The Morgan fingerprint density at radius 3 is 2.56 bits per heavy atom. The highest BCUT2D eigenvalue weighted by molar-refractivity contribution is 5.93. The number of benzene rings is 1. The van der Waals surface area contributed by atoms with Gasteiger partial charge in [-0.1, -0.05) is 6.07 Å². The molecule has 1 aromatic carbocycles. The van der Waals surface area contributed by atoms with Gasteiger partial charge in [-0.25, -0.2) is 18.2 Å². The maximum Gasteiger partial charge on any atom is 0.249 e. The number of amides is 3. The molecule has 3 N–H and O–H groups in total. The molecule has 1 spiro atoms. The van der Waals surface area contributed by atoms with Crippen LogP contribution in [0, 0.1) is 23.1 Å². The Kier molecular flexibility index (Phi) is 6.38. The summed E-state index contributed by atoms with van der Waals surface area (Å²) in [6.45, 7) is 2.33. The number of H-pyrrole nitrogens is 1. The minimum Gasteiger partial charge on any atom is -0.345 e. The van der Waals surface area contributed by atoms with Crippen LogP contribution in [-0.4, -0.2) is 57.1 Å². The average Bonchev–Trinajstić information content (AvgIpc) is 3.38. The van der Waals surface area contributed by atoms with Crippen LogP contribution in [0.2, 0.25) is 0 Å². The molecular weight excluding hydrogens is 511 g/mol. The quantitative estimate of drug-likeness (QED) is 0.467. The van der Waals surface area contributed by atoms with Crippen molar-refractivity contribution in [2.24, 2.45) is 17.3 Å². The number of para-hydroxylation sites is 1. The van der Waals surface area contributed by atoms with E-state index < -0.39 is 41.1 Å². The maximum atomic E-state index is 14.1. The lowest BCUT2D eigenvalue weighted by atomic mass is 9.50. The molecule has 11 heteroatoms. The largest absolute Gasteiger partial charge is 0.345 e. The highest BCUT2D eigenvalue weighted by Crippen LogP contribution is 2.64. The van der Waals surface area contributed by atoms with Gasteiger partial charge < -0.3 is 20.5 Å². The lowest BCUT2D eigenvalue weighted by Crippen LogP contribution is -2.58. The van der Waals surface area contributed by atoms with E-state index in [1.54, 1.807) is 19.1 Å². The van der Waals surface area contributed by atoms with Crippen molar-refractivity contribution in [3.8, 4) is 0 Å². The zero-order valence-corrected chi connectivity index (χ0v) is 21.9. The Morgan fingerprint density at radius 1 is 1.15 bits per heavy atom. The molecule has 6 rings (SSSR count). The van der Waals surface area contributed by atoms with Crippen molar-refractivity contribution in [3.05, 3.63) is 29.8 Å². The summed E-state index contributed by atoms with van der Waals surface area (Å²) in [5.41, 5.74) is 0.179. The third kappa shape index (κ3) is 5.12. The summed E-state index contributed by atoms with van der Waals surface area (Å²) in [4.78, 5) is 48.9. The first-order valence-electron chi connectivity index (χ1n) is 13.9. The van der Waals surface area contributed by atoms with E-state index in [1.165, 1.54) is 6.07 Å². The summed E-state index contributed by atoms with van der Waals surface area (Å²) in [7, 11) is 0. The fourth-order valence-corrected chi connectivity index (χ4v) is 6.97. The molecule has 8 nitrogen and oxygen atoms in total. The minimum atomic E-state index is -2.65. The van der Waals surface area contributed by atoms with E-state index in [1.807, 2.05) is 4.90 Å². The second-order valence-electron chi connectivity index (χ2n) is 12.2. The van der Waals surface area contributed by atoms with Crippen LogP contribution in [-0.2, 0) is 14.4 Å². The fourth-order valence-electron chi connectivity index (χ4n) is 6.97. The molecule has 4 aliphatic rings. The van der Waals surface area contributed by atoms with E-state index in [0.29, 0.717) is 36.6 Å². The molecule has 3 aliphatic carbocycles. The number of carbonyl (C=O) groups excluding carboxylic acids is 3. The van der Waals surface area contributed by atoms with Crippen LogP contribution >= 0.6 is 0 Å². The normalized spacial score (nSPS) is 25.1. The number of hydrogen-bond donors (Lipinski definition) is 3. The van der Waals surface area contributed by atoms with Crippen molar-refractivity contribution < 1.29 is 27.6 Å². The number of nitrogens with one attached hydrogen (secondary N) is 3. The van der Waals surface area contributed by atoms with E-state index in [0.717, 1.165) is 25.7 Å². The molecule has 1 aliphatic heterocycles. The number of imidazole rings is 1. The van der Waals surface area contributed by atoms with Crippen molar-refractivity contribution in [2.75, 3.05) is 6.54 Å². The topological polar surface area (TPSA) is 107 Å². The van der Waals surface area contributed by atoms with Gasteiger partial charge in [0.15, 0.2) is 0 Å². The van der Waals surface area contributed by atoms with Gasteiger partial charge >= 0.3 is 0 Å². The van der Waals surface area contributed by atoms with Gasteiger partial charge in [0, 0.05) is 31.3 Å². The highest BCUT2D eigenvalue weighted by Gasteiger charge is 2.63. The van der Waals surface area contributed by atoms with E-state index in [2.05, 4.69) is 20.6 Å². The predicted molar refractivity (Wildman–Crippen MR) is 136 cm³/mol. The van der Waals surface area contributed by atoms with E-state index in [4.69, 9.17) is 0 Å². The zero-order valence-electron chi connectivity index (χ0n) is 21.9. The van der Waals surface area contributed by atoms with Crippen LogP contribution in [0.3, 0.4) is 0 Å². The number of carbonyl (C=O) groups is 3. The second kappa shape index (κ2) is 9.52. The van der Waals surface area contributed by atoms with Crippen molar-refractivity contribution in [1.29, 1.82) is 0 Å².